The minimum Gasteiger partial charge on any atom is -0.334 e. The molecular formula is C21H28ClN5O2. The zero-order valence-electron chi connectivity index (χ0n) is 17.6. The van der Waals surface area contributed by atoms with Crippen LogP contribution in [0.25, 0.3) is 11.5 Å². The van der Waals surface area contributed by atoms with Gasteiger partial charge in [0, 0.05) is 42.8 Å². The van der Waals surface area contributed by atoms with Crippen LogP contribution < -0.4 is 10.2 Å². The number of hydrogen-bond acceptors (Lipinski definition) is 6. The first-order valence-electron chi connectivity index (χ1n) is 10.1. The second-order valence-corrected chi connectivity index (χ2v) is 9.35. The molecule has 156 valence electrons. The van der Waals surface area contributed by atoms with Crippen molar-refractivity contribution in [3.63, 3.8) is 0 Å². The fourth-order valence-electron chi connectivity index (χ4n) is 4.26. The molecule has 2 aliphatic rings. The molecule has 0 radical (unpaired) electrons. The number of nitrogens with zero attached hydrogens (tertiary/aromatic N) is 4. The summed E-state index contributed by atoms with van der Waals surface area (Å²) in [7, 11) is 0. The molecule has 0 bridgehead atoms. The van der Waals surface area contributed by atoms with Gasteiger partial charge in [0.05, 0.1) is 17.1 Å². The predicted octanol–water partition coefficient (Wildman–Crippen LogP) is 3.00. The number of hydrogen-bond donors (Lipinski definition) is 1. The molecule has 2 aromatic rings. The number of aryl methyl sites for hydroxylation is 1. The van der Waals surface area contributed by atoms with Crippen molar-refractivity contribution in [1.82, 2.24) is 20.4 Å². The summed E-state index contributed by atoms with van der Waals surface area (Å²) in [5.41, 5.74) is 2.46. The summed E-state index contributed by atoms with van der Waals surface area (Å²) in [5.74, 6) is 1.07. The van der Waals surface area contributed by atoms with E-state index in [1.54, 1.807) is 6.92 Å². The fraction of sp³-hybridized carbons (Fsp3) is 0.571. The summed E-state index contributed by atoms with van der Waals surface area (Å²) in [4.78, 5) is 21.7. The molecule has 0 unspecified atom stereocenters. The Bertz CT molecular complexity index is 941. The van der Waals surface area contributed by atoms with Crippen molar-refractivity contribution >= 4 is 23.2 Å². The van der Waals surface area contributed by atoms with Crippen molar-refractivity contribution in [2.45, 2.75) is 52.1 Å². The lowest BCUT2D eigenvalue weighted by molar-refractivity contribution is -0.120. The van der Waals surface area contributed by atoms with Crippen LogP contribution in [0, 0.1) is 6.92 Å². The van der Waals surface area contributed by atoms with Gasteiger partial charge in [0.25, 0.3) is 5.89 Å². The van der Waals surface area contributed by atoms with Gasteiger partial charge in [-0.25, -0.2) is 0 Å². The minimum absolute atomic E-state index is 0.107. The van der Waals surface area contributed by atoms with Gasteiger partial charge in [0.15, 0.2) is 5.82 Å². The Morgan fingerprint density at radius 1 is 1.38 bits per heavy atom. The largest absolute Gasteiger partial charge is 0.334 e. The van der Waals surface area contributed by atoms with Crippen LogP contribution in [0.5, 0.6) is 0 Å². The van der Waals surface area contributed by atoms with Crippen LogP contribution in [0.4, 0.5) is 5.69 Å². The van der Waals surface area contributed by atoms with Gasteiger partial charge in [-0.3, -0.25) is 9.69 Å². The smallest absolute Gasteiger partial charge is 0.259 e. The molecule has 1 saturated heterocycles. The van der Waals surface area contributed by atoms with E-state index in [0.29, 0.717) is 47.5 Å². The second-order valence-electron chi connectivity index (χ2n) is 8.95. The van der Waals surface area contributed by atoms with E-state index >= 15 is 0 Å². The monoisotopic (exact) mass is 417 g/mol. The molecule has 1 aromatic carbocycles. The molecule has 1 amide bonds. The maximum atomic E-state index is 13.3. The van der Waals surface area contributed by atoms with Gasteiger partial charge in [-0.2, -0.15) is 4.98 Å². The third kappa shape index (κ3) is 3.79. The number of aromatic nitrogens is 2. The van der Waals surface area contributed by atoms with E-state index in [-0.39, 0.29) is 11.3 Å². The Kier molecular flexibility index (Phi) is 5.17. The van der Waals surface area contributed by atoms with E-state index in [9.17, 15) is 4.79 Å². The summed E-state index contributed by atoms with van der Waals surface area (Å²) < 4.78 is 5.32. The highest BCUT2D eigenvalue weighted by molar-refractivity contribution is 6.33. The zero-order valence-corrected chi connectivity index (χ0v) is 18.4. The van der Waals surface area contributed by atoms with Crippen molar-refractivity contribution in [3.8, 4) is 11.5 Å². The predicted molar refractivity (Wildman–Crippen MR) is 113 cm³/mol. The summed E-state index contributed by atoms with van der Waals surface area (Å²) in [6, 6.07) is 4.57. The molecule has 29 heavy (non-hydrogen) atoms. The van der Waals surface area contributed by atoms with E-state index < -0.39 is 0 Å². The van der Waals surface area contributed by atoms with Crippen molar-refractivity contribution in [2.24, 2.45) is 0 Å². The number of benzene rings is 1. The Morgan fingerprint density at radius 2 is 2.14 bits per heavy atom. The van der Waals surface area contributed by atoms with Gasteiger partial charge >= 0.3 is 0 Å². The molecule has 0 aliphatic carbocycles. The van der Waals surface area contributed by atoms with Gasteiger partial charge < -0.3 is 14.7 Å². The molecule has 0 saturated carbocycles. The lowest BCUT2D eigenvalue weighted by Gasteiger charge is -2.37. The third-order valence-corrected chi connectivity index (χ3v) is 6.26. The summed E-state index contributed by atoms with van der Waals surface area (Å²) >= 11 is 6.56. The summed E-state index contributed by atoms with van der Waals surface area (Å²) in [6.07, 6.45) is 0. The average Bonchev–Trinajstić information content (AvgIpc) is 3.18. The van der Waals surface area contributed by atoms with Crippen molar-refractivity contribution in [2.75, 3.05) is 31.1 Å². The molecular weight excluding hydrogens is 390 g/mol. The topological polar surface area (TPSA) is 74.5 Å². The van der Waals surface area contributed by atoms with Crippen LogP contribution in [0.15, 0.2) is 16.7 Å². The molecule has 1 N–H and O–H groups in total. The lowest BCUT2D eigenvalue weighted by Crippen LogP contribution is -2.56. The minimum atomic E-state index is -0.193. The van der Waals surface area contributed by atoms with Gasteiger partial charge in [-0.05, 0) is 38.5 Å². The lowest BCUT2D eigenvalue weighted by atomic mass is 9.86. The van der Waals surface area contributed by atoms with Crippen LogP contribution in [0.2, 0.25) is 5.02 Å². The number of halogens is 1. The maximum absolute atomic E-state index is 13.3. The standard InChI is InChI=1S/C21H28ClN5O2/c1-12-9-26(13(2)8-23-12)10-19(28)27-11-21(4,5)16-6-15(17(22)7-18(16)27)20-24-14(3)25-29-20/h6-7,12-13,23H,8-11H2,1-5H3/t12-,13+/m1/s1. The quantitative estimate of drug-likeness (QED) is 0.827. The Balaban J connectivity index is 1.64. The molecule has 2 aliphatic heterocycles. The Morgan fingerprint density at radius 3 is 2.83 bits per heavy atom. The SMILES string of the molecule is Cc1noc(-c2cc3c(cc2Cl)N(C(=O)CN2C[C@@H](C)NC[C@@H]2C)CC3(C)C)n1. The molecule has 0 spiro atoms. The van der Waals surface area contributed by atoms with Crippen LogP contribution in [0.3, 0.4) is 0 Å². The normalized spacial score (nSPS) is 24.0. The zero-order chi connectivity index (χ0) is 20.9. The van der Waals surface area contributed by atoms with Gasteiger partial charge in [-0.15, -0.1) is 0 Å². The van der Waals surface area contributed by atoms with Gasteiger partial charge in [-0.1, -0.05) is 30.6 Å². The second kappa shape index (κ2) is 7.38. The molecule has 1 fully saturated rings. The average molecular weight is 418 g/mol. The first-order chi connectivity index (χ1) is 13.7. The number of nitrogens with one attached hydrogen (secondary N) is 1. The molecule has 3 heterocycles. The number of rotatable bonds is 3. The highest BCUT2D eigenvalue weighted by Gasteiger charge is 2.40. The Labute approximate surface area is 176 Å². The van der Waals surface area contributed by atoms with Crippen LogP contribution >= 0.6 is 11.6 Å². The number of piperazine rings is 1. The highest BCUT2D eigenvalue weighted by atomic mass is 35.5. The van der Waals surface area contributed by atoms with E-state index in [0.717, 1.165) is 24.3 Å². The summed E-state index contributed by atoms with van der Waals surface area (Å²) in [6.45, 7) is 13.2. The van der Waals surface area contributed by atoms with Crippen molar-refractivity contribution < 1.29 is 9.32 Å². The van der Waals surface area contributed by atoms with Crippen molar-refractivity contribution in [3.05, 3.63) is 28.5 Å². The molecule has 4 rings (SSSR count). The molecule has 8 heteroatoms. The summed E-state index contributed by atoms with van der Waals surface area (Å²) in [5, 5.41) is 7.83. The van der Waals surface area contributed by atoms with Crippen molar-refractivity contribution in [1.29, 1.82) is 0 Å². The van der Waals surface area contributed by atoms with Crippen LogP contribution in [0.1, 0.15) is 39.1 Å². The number of carbonyl (C=O) groups excluding carboxylic acids is 1. The van der Waals surface area contributed by atoms with Gasteiger partial charge in [0.2, 0.25) is 5.91 Å². The number of fused-ring (bicyclic) bond motifs is 1. The Hall–Kier alpha value is -1.96. The molecule has 1 aromatic heterocycles. The van der Waals surface area contributed by atoms with Crippen LogP contribution in [-0.2, 0) is 10.2 Å². The highest BCUT2D eigenvalue weighted by Crippen LogP contribution is 2.45. The van der Waals surface area contributed by atoms with E-state index in [1.165, 1.54) is 0 Å². The fourth-order valence-corrected chi connectivity index (χ4v) is 4.50. The van der Waals surface area contributed by atoms with Crippen LogP contribution in [-0.4, -0.2) is 59.2 Å². The number of amides is 1. The third-order valence-electron chi connectivity index (χ3n) is 5.95. The van der Waals surface area contributed by atoms with E-state index in [1.807, 2.05) is 17.0 Å². The first kappa shape index (κ1) is 20.3. The number of anilines is 1. The first-order valence-corrected chi connectivity index (χ1v) is 10.5. The molecule has 2 atom stereocenters. The van der Waals surface area contributed by atoms with E-state index in [2.05, 4.69) is 48.1 Å². The van der Waals surface area contributed by atoms with Gasteiger partial charge in [0.1, 0.15) is 0 Å². The van der Waals surface area contributed by atoms with E-state index in [4.69, 9.17) is 16.1 Å². The number of carbonyl (C=O) groups is 1. The molecule has 7 nitrogen and oxygen atoms in total. The maximum Gasteiger partial charge on any atom is 0.259 e.